The second-order valence-corrected chi connectivity index (χ2v) is 7.27. The number of nitrogen functional groups attached to an aromatic ring is 1. The van der Waals surface area contributed by atoms with Crippen molar-refractivity contribution in [3.8, 4) is 11.3 Å². The molecule has 9 nitrogen and oxygen atoms in total. The van der Waals surface area contributed by atoms with Crippen LogP contribution in [0.5, 0.6) is 0 Å². The maximum Gasteiger partial charge on any atom is 0.223 e. The molecule has 0 spiro atoms. The van der Waals surface area contributed by atoms with Gasteiger partial charge >= 0.3 is 0 Å². The highest BCUT2D eigenvalue weighted by molar-refractivity contribution is 7.22. The molecule has 4 aromatic rings. The van der Waals surface area contributed by atoms with Crippen LogP contribution in [-0.4, -0.2) is 36.4 Å². The van der Waals surface area contributed by atoms with Crippen molar-refractivity contribution >= 4 is 55.2 Å². The second-order valence-electron chi connectivity index (χ2n) is 6.24. The number of aromatic nitrogens is 5. The lowest BCUT2D eigenvalue weighted by Crippen LogP contribution is -2.10. The molecule has 4 rings (SSSR count). The lowest BCUT2D eigenvalue weighted by atomic mass is 10.1. The largest absolute Gasteiger partial charge is 0.383 e. The van der Waals surface area contributed by atoms with Crippen LogP contribution >= 0.6 is 11.3 Å². The van der Waals surface area contributed by atoms with Crippen molar-refractivity contribution in [2.45, 2.75) is 34.2 Å². The molecule has 10 heteroatoms. The highest BCUT2D eigenvalue weighted by atomic mass is 32.1. The average molecular weight is 411 g/mol. The normalized spacial score (nSPS) is 10.8. The lowest BCUT2D eigenvalue weighted by molar-refractivity contribution is -0.119. The number of fused-ring (bicyclic) bond motifs is 2. The van der Waals surface area contributed by atoms with Gasteiger partial charge in [-0.3, -0.25) is 9.59 Å². The quantitative estimate of drug-likeness (QED) is 0.516. The van der Waals surface area contributed by atoms with Crippen LogP contribution in [0.2, 0.25) is 0 Å². The third kappa shape index (κ3) is 3.79. The van der Waals surface area contributed by atoms with Crippen molar-refractivity contribution in [1.29, 1.82) is 0 Å². The molecule has 29 heavy (non-hydrogen) atoms. The van der Waals surface area contributed by atoms with Gasteiger partial charge in [-0.05, 0) is 12.1 Å². The van der Waals surface area contributed by atoms with E-state index in [2.05, 4.69) is 25.4 Å². The van der Waals surface area contributed by atoms with Crippen molar-refractivity contribution < 1.29 is 9.59 Å². The van der Waals surface area contributed by atoms with Gasteiger partial charge < -0.3 is 11.1 Å². The number of nitrogens with zero attached hydrogens (tertiary/aromatic N) is 5. The van der Waals surface area contributed by atoms with Crippen molar-refractivity contribution in [1.82, 2.24) is 24.7 Å². The minimum atomic E-state index is -0.172. The van der Waals surface area contributed by atoms with Gasteiger partial charge in [0.2, 0.25) is 5.91 Å². The molecule has 150 valence electrons. The Balaban J connectivity index is 0.00000240. The van der Waals surface area contributed by atoms with Gasteiger partial charge in [-0.2, -0.15) is 5.10 Å². The molecule has 0 fully saturated rings. The number of amides is 1. The van der Waals surface area contributed by atoms with Crippen LogP contribution in [-0.2, 0) is 16.1 Å². The van der Waals surface area contributed by atoms with Crippen LogP contribution in [0.25, 0.3) is 32.5 Å². The maximum atomic E-state index is 11.9. The van der Waals surface area contributed by atoms with Crippen LogP contribution in [0.3, 0.4) is 0 Å². The van der Waals surface area contributed by atoms with E-state index < -0.39 is 0 Å². The van der Waals surface area contributed by atoms with Crippen molar-refractivity contribution in [3.63, 3.8) is 0 Å². The van der Waals surface area contributed by atoms with E-state index in [0.717, 1.165) is 15.8 Å². The summed E-state index contributed by atoms with van der Waals surface area (Å²) < 4.78 is 2.46. The van der Waals surface area contributed by atoms with Gasteiger partial charge in [0, 0.05) is 18.9 Å². The molecule has 3 aromatic heterocycles. The molecule has 0 aliphatic rings. The molecule has 0 bridgehead atoms. The van der Waals surface area contributed by atoms with Gasteiger partial charge in [0.1, 0.15) is 24.4 Å². The highest BCUT2D eigenvalue weighted by Gasteiger charge is 2.19. The van der Waals surface area contributed by atoms with E-state index in [4.69, 9.17) is 5.73 Å². The fraction of sp³-hybridized carbons (Fsp3) is 0.263. The molecular formula is C19H21N7O2S. The molecule has 0 saturated carbocycles. The zero-order valence-electron chi connectivity index (χ0n) is 15.3. The van der Waals surface area contributed by atoms with Crippen LogP contribution in [0, 0.1) is 0 Å². The van der Waals surface area contributed by atoms with Gasteiger partial charge in [0.15, 0.2) is 16.6 Å². The van der Waals surface area contributed by atoms with E-state index in [1.807, 2.05) is 25.1 Å². The van der Waals surface area contributed by atoms with E-state index in [1.54, 1.807) is 4.68 Å². The SMILES string of the molecule is C.CCC(=O)Cn1nc(-c2ccc3nc(NC(C)=O)sc3c2)c2c(N)ncnc21. The third-order valence-electron chi connectivity index (χ3n) is 4.22. The Morgan fingerprint density at radius 3 is 2.79 bits per heavy atom. The molecule has 3 N–H and O–H groups in total. The standard InChI is InChI=1S/C18H17N7O2S.CH4/c1-3-11(27)7-25-17-14(16(19)20-8-21-17)15(24-25)10-4-5-12-13(6-10)28-18(23-12)22-9(2)26;/h4-6,8H,3,7H2,1-2H3,(H2,19,20,21)(H,22,23,26);1H4. The van der Waals surface area contributed by atoms with E-state index in [0.29, 0.717) is 34.1 Å². The number of rotatable bonds is 5. The topological polar surface area (TPSA) is 129 Å². The number of carbonyl (C=O) groups is 2. The summed E-state index contributed by atoms with van der Waals surface area (Å²) in [6.07, 6.45) is 1.78. The fourth-order valence-electron chi connectivity index (χ4n) is 2.90. The summed E-state index contributed by atoms with van der Waals surface area (Å²) in [6, 6.07) is 5.66. The molecule has 0 radical (unpaired) electrons. The van der Waals surface area contributed by atoms with Gasteiger partial charge in [0.25, 0.3) is 0 Å². The monoisotopic (exact) mass is 411 g/mol. The second kappa shape index (κ2) is 7.92. The third-order valence-corrected chi connectivity index (χ3v) is 5.16. The zero-order valence-corrected chi connectivity index (χ0v) is 16.1. The Bertz CT molecular complexity index is 1230. The van der Waals surface area contributed by atoms with Crippen LogP contribution in [0.4, 0.5) is 10.9 Å². The molecule has 0 aliphatic heterocycles. The Morgan fingerprint density at radius 1 is 1.28 bits per heavy atom. The molecular weight excluding hydrogens is 390 g/mol. The highest BCUT2D eigenvalue weighted by Crippen LogP contribution is 2.34. The molecule has 0 aliphatic carbocycles. The number of benzene rings is 1. The summed E-state index contributed by atoms with van der Waals surface area (Å²) in [6.45, 7) is 3.37. The minimum Gasteiger partial charge on any atom is -0.383 e. The Morgan fingerprint density at radius 2 is 2.07 bits per heavy atom. The number of anilines is 2. The van der Waals surface area contributed by atoms with Gasteiger partial charge in [-0.25, -0.2) is 19.6 Å². The number of carbonyl (C=O) groups excluding carboxylic acids is 2. The molecule has 1 aromatic carbocycles. The van der Waals surface area contributed by atoms with Gasteiger partial charge in [-0.15, -0.1) is 0 Å². The first-order valence-electron chi connectivity index (χ1n) is 8.63. The van der Waals surface area contributed by atoms with Crippen LogP contribution < -0.4 is 11.1 Å². The number of Topliss-reactive ketones (excluding diaryl/α,β-unsaturated/α-hetero) is 1. The fourth-order valence-corrected chi connectivity index (χ4v) is 3.85. The lowest BCUT2D eigenvalue weighted by Gasteiger charge is -2.00. The Labute approximate surface area is 171 Å². The van der Waals surface area contributed by atoms with E-state index in [9.17, 15) is 9.59 Å². The maximum absolute atomic E-state index is 11.9. The first kappa shape index (κ1) is 20.3. The average Bonchev–Trinajstić information content (AvgIpc) is 3.22. The summed E-state index contributed by atoms with van der Waals surface area (Å²) in [5, 5.41) is 8.44. The first-order chi connectivity index (χ1) is 13.5. The number of nitrogens with one attached hydrogen (secondary N) is 1. The van der Waals surface area contributed by atoms with E-state index in [1.165, 1.54) is 24.6 Å². The summed E-state index contributed by atoms with van der Waals surface area (Å²) in [5.74, 6) is 0.180. The molecule has 3 heterocycles. The number of hydrogen-bond donors (Lipinski definition) is 2. The van der Waals surface area contributed by atoms with Crippen LogP contribution in [0.1, 0.15) is 27.7 Å². The van der Waals surface area contributed by atoms with Crippen molar-refractivity contribution in [2.24, 2.45) is 0 Å². The summed E-state index contributed by atoms with van der Waals surface area (Å²) in [4.78, 5) is 36.0. The summed E-state index contributed by atoms with van der Waals surface area (Å²) in [7, 11) is 0. The predicted octanol–water partition coefficient (Wildman–Crippen LogP) is 3.26. The molecule has 0 saturated heterocycles. The predicted molar refractivity (Wildman–Crippen MR) is 115 cm³/mol. The van der Waals surface area contributed by atoms with E-state index >= 15 is 0 Å². The smallest absolute Gasteiger partial charge is 0.223 e. The summed E-state index contributed by atoms with van der Waals surface area (Å²) >= 11 is 1.37. The van der Waals surface area contributed by atoms with Crippen molar-refractivity contribution in [2.75, 3.05) is 11.1 Å². The number of hydrogen-bond acceptors (Lipinski definition) is 8. The Kier molecular flexibility index (Phi) is 5.55. The van der Waals surface area contributed by atoms with Gasteiger partial charge in [0.05, 0.1) is 15.6 Å². The number of thiazole rings is 1. The van der Waals surface area contributed by atoms with Gasteiger partial charge in [-0.1, -0.05) is 31.8 Å². The molecule has 0 atom stereocenters. The number of ketones is 1. The number of nitrogens with two attached hydrogens (primary N) is 1. The summed E-state index contributed by atoms with van der Waals surface area (Å²) in [5.41, 5.74) is 8.80. The molecule has 1 amide bonds. The minimum absolute atomic E-state index is 0. The van der Waals surface area contributed by atoms with E-state index in [-0.39, 0.29) is 25.7 Å². The zero-order chi connectivity index (χ0) is 19.8. The Hall–Kier alpha value is -3.40. The first-order valence-corrected chi connectivity index (χ1v) is 9.45. The van der Waals surface area contributed by atoms with Crippen molar-refractivity contribution in [3.05, 3.63) is 24.5 Å². The van der Waals surface area contributed by atoms with Crippen LogP contribution in [0.15, 0.2) is 24.5 Å². The molecule has 0 unspecified atom stereocenters.